The molecule has 26 heavy (non-hydrogen) atoms. The predicted octanol–water partition coefficient (Wildman–Crippen LogP) is 4.74. The van der Waals surface area contributed by atoms with E-state index in [1.807, 2.05) is 54.6 Å². The average molecular weight is 344 g/mol. The third-order valence-electron chi connectivity index (χ3n) is 4.17. The highest BCUT2D eigenvalue weighted by Crippen LogP contribution is 2.24. The zero-order valence-corrected chi connectivity index (χ0v) is 13.9. The fraction of sp³-hybridized carbons (Fsp3) is 0.0455. The molecule has 0 bridgehead atoms. The number of hydrogen-bond donors (Lipinski definition) is 1. The van der Waals surface area contributed by atoms with Crippen LogP contribution in [0.2, 0.25) is 0 Å². The van der Waals surface area contributed by atoms with Gasteiger partial charge in [0.25, 0.3) is 0 Å². The normalized spacial score (nSPS) is 10.8. The lowest BCUT2D eigenvalue weighted by Crippen LogP contribution is -2.04. The summed E-state index contributed by atoms with van der Waals surface area (Å²) in [4.78, 5) is 12.7. The molecule has 1 heterocycles. The molecule has 1 N–H and O–H groups in total. The zero-order chi connectivity index (χ0) is 17.9. The van der Waals surface area contributed by atoms with Crippen LogP contribution in [0.25, 0.3) is 22.1 Å². The topological polar surface area (TPSA) is 59.7 Å². The Morgan fingerprint density at radius 1 is 0.923 bits per heavy atom. The Balaban J connectivity index is 1.59. The second-order valence-electron chi connectivity index (χ2n) is 5.96. The number of rotatable bonds is 4. The van der Waals surface area contributed by atoms with Gasteiger partial charge in [0.2, 0.25) is 0 Å². The monoisotopic (exact) mass is 344 g/mol. The van der Waals surface area contributed by atoms with Gasteiger partial charge in [-0.3, -0.25) is 4.79 Å². The quantitative estimate of drug-likeness (QED) is 0.581. The first-order valence-electron chi connectivity index (χ1n) is 8.22. The van der Waals surface area contributed by atoms with Gasteiger partial charge in [-0.05, 0) is 35.4 Å². The second-order valence-corrected chi connectivity index (χ2v) is 5.96. The highest BCUT2D eigenvalue weighted by molar-refractivity contribution is 5.82. The van der Waals surface area contributed by atoms with Crippen molar-refractivity contribution >= 4 is 11.0 Å². The molecule has 4 heteroatoms. The van der Waals surface area contributed by atoms with Gasteiger partial charge in [-0.15, -0.1) is 0 Å². The van der Waals surface area contributed by atoms with E-state index < -0.39 is 0 Å². The van der Waals surface area contributed by atoms with Gasteiger partial charge in [0.1, 0.15) is 30.0 Å². The standard InChI is InChI=1S/C22H16O4/c23-17-8-11-19-21(12-17)26-14-20(22(19)24)16-6-9-18(10-7-16)25-13-15-4-2-1-3-5-15/h1-12,14,23H,13H2. The molecule has 0 spiro atoms. The van der Waals surface area contributed by atoms with Crippen LogP contribution in [0.1, 0.15) is 5.56 Å². The van der Waals surface area contributed by atoms with Crippen molar-refractivity contribution in [3.05, 3.63) is 94.8 Å². The molecule has 3 aromatic carbocycles. The molecule has 0 aliphatic carbocycles. The van der Waals surface area contributed by atoms with E-state index in [0.717, 1.165) is 16.9 Å². The molecule has 0 aliphatic heterocycles. The van der Waals surface area contributed by atoms with Crippen molar-refractivity contribution in [1.82, 2.24) is 0 Å². The summed E-state index contributed by atoms with van der Waals surface area (Å²) in [5.41, 5.74) is 2.54. The van der Waals surface area contributed by atoms with Gasteiger partial charge in [-0.1, -0.05) is 42.5 Å². The Morgan fingerprint density at radius 3 is 2.46 bits per heavy atom. The SMILES string of the molecule is O=c1c(-c2ccc(OCc3ccccc3)cc2)coc2cc(O)ccc12. The summed E-state index contributed by atoms with van der Waals surface area (Å²) in [6.45, 7) is 0.488. The fourth-order valence-electron chi connectivity index (χ4n) is 2.79. The lowest BCUT2D eigenvalue weighted by atomic mass is 10.1. The van der Waals surface area contributed by atoms with Gasteiger partial charge in [0.05, 0.1) is 10.9 Å². The zero-order valence-electron chi connectivity index (χ0n) is 13.9. The van der Waals surface area contributed by atoms with Crippen LogP contribution in [0.15, 0.2) is 88.3 Å². The van der Waals surface area contributed by atoms with Crippen LogP contribution in [0.3, 0.4) is 0 Å². The summed E-state index contributed by atoms with van der Waals surface area (Å²) in [5, 5.41) is 9.93. The van der Waals surface area contributed by atoms with E-state index in [0.29, 0.717) is 23.1 Å². The summed E-state index contributed by atoms with van der Waals surface area (Å²) >= 11 is 0. The number of phenols is 1. The van der Waals surface area contributed by atoms with Crippen molar-refractivity contribution in [2.75, 3.05) is 0 Å². The third-order valence-corrected chi connectivity index (χ3v) is 4.17. The van der Waals surface area contributed by atoms with Crippen molar-refractivity contribution in [2.45, 2.75) is 6.61 Å². The van der Waals surface area contributed by atoms with E-state index in [1.54, 1.807) is 6.07 Å². The van der Waals surface area contributed by atoms with E-state index in [9.17, 15) is 9.90 Å². The molecule has 4 aromatic rings. The largest absolute Gasteiger partial charge is 0.508 e. The summed E-state index contributed by atoms with van der Waals surface area (Å²) in [5.74, 6) is 0.793. The molecular formula is C22H16O4. The lowest BCUT2D eigenvalue weighted by Gasteiger charge is -2.08. The average Bonchev–Trinajstić information content (AvgIpc) is 2.68. The number of ether oxygens (including phenoxy) is 1. The van der Waals surface area contributed by atoms with E-state index in [2.05, 4.69) is 0 Å². The molecule has 0 radical (unpaired) electrons. The minimum Gasteiger partial charge on any atom is -0.508 e. The maximum Gasteiger partial charge on any atom is 0.200 e. The Kier molecular flexibility index (Phi) is 4.15. The first kappa shape index (κ1) is 16.0. The highest BCUT2D eigenvalue weighted by Gasteiger charge is 2.10. The molecule has 0 unspecified atom stereocenters. The van der Waals surface area contributed by atoms with Crippen LogP contribution >= 0.6 is 0 Å². The molecular weight excluding hydrogens is 328 g/mol. The van der Waals surface area contributed by atoms with Gasteiger partial charge in [-0.2, -0.15) is 0 Å². The summed E-state index contributed by atoms with van der Waals surface area (Å²) < 4.78 is 11.3. The van der Waals surface area contributed by atoms with Gasteiger partial charge >= 0.3 is 0 Å². The molecule has 0 fully saturated rings. The molecule has 0 amide bonds. The molecule has 1 aromatic heterocycles. The summed E-state index contributed by atoms with van der Waals surface area (Å²) in [7, 11) is 0. The maximum atomic E-state index is 12.7. The van der Waals surface area contributed by atoms with Crippen molar-refractivity contribution in [2.24, 2.45) is 0 Å². The van der Waals surface area contributed by atoms with Gasteiger partial charge in [0, 0.05) is 6.07 Å². The van der Waals surface area contributed by atoms with Crippen LogP contribution in [0.4, 0.5) is 0 Å². The molecule has 0 saturated carbocycles. The Morgan fingerprint density at radius 2 is 1.69 bits per heavy atom. The minimum atomic E-state index is -0.135. The molecule has 128 valence electrons. The first-order chi connectivity index (χ1) is 12.7. The number of hydrogen-bond acceptors (Lipinski definition) is 4. The molecule has 4 nitrogen and oxygen atoms in total. The van der Waals surface area contributed by atoms with Crippen LogP contribution in [0.5, 0.6) is 11.5 Å². The van der Waals surface area contributed by atoms with E-state index >= 15 is 0 Å². The first-order valence-corrected chi connectivity index (χ1v) is 8.22. The van der Waals surface area contributed by atoms with Crippen LogP contribution in [0, 0.1) is 0 Å². The number of phenolic OH excluding ortho intramolecular Hbond substituents is 1. The van der Waals surface area contributed by atoms with Crippen LogP contribution in [-0.2, 0) is 6.61 Å². The van der Waals surface area contributed by atoms with Crippen molar-refractivity contribution in [1.29, 1.82) is 0 Å². The number of benzene rings is 3. The second kappa shape index (κ2) is 6.76. The highest BCUT2D eigenvalue weighted by atomic mass is 16.5. The Hall–Kier alpha value is -3.53. The number of aromatic hydroxyl groups is 1. The van der Waals surface area contributed by atoms with Gasteiger partial charge in [0.15, 0.2) is 5.43 Å². The molecule has 4 rings (SSSR count). The van der Waals surface area contributed by atoms with Gasteiger partial charge < -0.3 is 14.3 Å². The van der Waals surface area contributed by atoms with E-state index in [4.69, 9.17) is 9.15 Å². The van der Waals surface area contributed by atoms with Crippen LogP contribution in [-0.4, -0.2) is 5.11 Å². The van der Waals surface area contributed by atoms with E-state index in [1.165, 1.54) is 18.4 Å². The third kappa shape index (κ3) is 3.17. The summed E-state index contributed by atoms with van der Waals surface area (Å²) in [6.07, 6.45) is 1.42. The maximum absolute atomic E-state index is 12.7. The van der Waals surface area contributed by atoms with Crippen molar-refractivity contribution in [3.8, 4) is 22.6 Å². The molecule has 0 aliphatic rings. The lowest BCUT2D eigenvalue weighted by molar-refractivity contribution is 0.306. The number of fused-ring (bicyclic) bond motifs is 1. The van der Waals surface area contributed by atoms with E-state index in [-0.39, 0.29) is 11.2 Å². The summed E-state index contributed by atoms with van der Waals surface area (Å²) in [6, 6.07) is 21.7. The molecule has 0 atom stereocenters. The minimum absolute atomic E-state index is 0.0633. The predicted molar refractivity (Wildman–Crippen MR) is 100 cm³/mol. The smallest absolute Gasteiger partial charge is 0.200 e. The van der Waals surface area contributed by atoms with Crippen molar-refractivity contribution in [3.63, 3.8) is 0 Å². The van der Waals surface area contributed by atoms with Gasteiger partial charge in [-0.25, -0.2) is 0 Å². The Bertz CT molecular complexity index is 1100. The fourth-order valence-corrected chi connectivity index (χ4v) is 2.79. The Labute approximate surface area is 149 Å². The molecule has 0 saturated heterocycles. The van der Waals surface area contributed by atoms with Crippen LogP contribution < -0.4 is 10.2 Å². The van der Waals surface area contributed by atoms with Crippen molar-refractivity contribution < 1.29 is 14.3 Å².